The average molecular weight is 176 g/mol. The second kappa shape index (κ2) is 5.23. The zero-order valence-electron chi connectivity index (χ0n) is 8.29. The van der Waals surface area contributed by atoms with E-state index < -0.39 is 0 Å². The van der Waals surface area contributed by atoms with E-state index in [4.69, 9.17) is 4.42 Å². The van der Waals surface area contributed by atoms with Crippen molar-refractivity contribution < 1.29 is 33.5 Å². The molecule has 0 fully saturated rings. The molecule has 0 saturated carbocycles. The summed E-state index contributed by atoms with van der Waals surface area (Å²) in [6, 6.07) is 0. The van der Waals surface area contributed by atoms with Crippen LogP contribution in [0.5, 0.6) is 0 Å². The summed E-state index contributed by atoms with van der Waals surface area (Å²) in [6.45, 7) is 5.90. The van der Waals surface area contributed by atoms with Gasteiger partial charge in [-0.05, 0) is 0 Å². The van der Waals surface area contributed by atoms with Gasteiger partial charge in [-0.2, -0.15) is 0 Å². The van der Waals surface area contributed by atoms with E-state index in [1.807, 2.05) is 20.8 Å². The van der Waals surface area contributed by atoms with Gasteiger partial charge in [-0.3, -0.25) is 0 Å². The van der Waals surface area contributed by atoms with Crippen LogP contribution in [0.25, 0.3) is 0 Å². The van der Waals surface area contributed by atoms with Crippen molar-refractivity contribution in [3.63, 3.8) is 0 Å². The molecule has 0 aliphatic heterocycles. The molecular formula is C8H11LiNO3-. The molecule has 0 amide bonds. The average Bonchev–Trinajstić information content (AvgIpc) is 2.32. The Morgan fingerprint density at radius 3 is 2.23 bits per heavy atom. The fourth-order valence-corrected chi connectivity index (χ4v) is 0.668. The SMILES string of the molecule is CC(C)(C)c1ncc([C-]=O)o1.[Li+].[OH-]. The molecular weight excluding hydrogens is 165 g/mol. The van der Waals surface area contributed by atoms with E-state index in [0.29, 0.717) is 5.89 Å². The van der Waals surface area contributed by atoms with E-state index in [0.717, 1.165) is 0 Å². The van der Waals surface area contributed by atoms with Crippen LogP contribution >= 0.6 is 0 Å². The Morgan fingerprint density at radius 2 is 2.00 bits per heavy atom. The van der Waals surface area contributed by atoms with E-state index in [2.05, 4.69) is 4.98 Å². The Labute approximate surface area is 89.2 Å². The molecule has 0 aliphatic carbocycles. The Kier molecular flexibility index (Phi) is 6.01. The fraction of sp³-hybridized carbons (Fsp3) is 0.500. The summed E-state index contributed by atoms with van der Waals surface area (Å²) in [5, 5.41) is 0. The van der Waals surface area contributed by atoms with Crippen molar-refractivity contribution in [2.75, 3.05) is 0 Å². The summed E-state index contributed by atoms with van der Waals surface area (Å²) in [6.07, 6.45) is 3.02. The van der Waals surface area contributed by atoms with Gasteiger partial charge in [0.15, 0.2) is 5.89 Å². The van der Waals surface area contributed by atoms with Gasteiger partial charge < -0.3 is 19.7 Å². The zero-order chi connectivity index (χ0) is 8.48. The summed E-state index contributed by atoms with van der Waals surface area (Å²) in [4.78, 5) is 14.0. The maximum atomic E-state index is 10.1. The van der Waals surface area contributed by atoms with Crippen molar-refractivity contribution in [3.8, 4) is 0 Å². The van der Waals surface area contributed by atoms with Crippen LogP contribution in [-0.2, 0) is 10.2 Å². The van der Waals surface area contributed by atoms with Gasteiger partial charge in [0.1, 0.15) is 0 Å². The fourth-order valence-electron chi connectivity index (χ4n) is 0.668. The van der Waals surface area contributed by atoms with E-state index in [9.17, 15) is 4.79 Å². The van der Waals surface area contributed by atoms with E-state index in [-0.39, 0.29) is 35.5 Å². The van der Waals surface area contributed by atoms with Gasteiger partial charge in [0.25, 0.3) is 0 Å². The van der Waals surface area contributed by atoms with Crippen LogP contribution in [0.3, 0.4) is 0 Å². The molecule has 13 heavy (non-hydrogen) atoms. The normalized spacial score (nSPS) is 9.77. The zero-order valence-corrected chi connectivity index (χ0v) is 8.29. The summed E-state index contributed by atoms with van der Waals surface area (Å²) in [5.74, 6) is 0.728. The predicted octanol–water partition coefficient (Wildman–Crippen LogP) is -1.74. The summed E-state index contributed by atoms with van der Waals surface area (Å²) in [5.41, 5.74) is -0.144. The molecule has 1 rings (SSSR count). The van der Waals surface area contributed by atoms with Crippen LogP contribution in [0.15, 0.2) is 10.6 Å². The van der Waals surface area contributed by atoms with E-state index >= 15 is 0 Å². The first-order valence-corrected chi connectivity index (χ1v) is 3.38. The molecule has 0 atom stereocenters. The molecule has 0 radical (unpaired) electrons. The monoisotopic (exact) mass is 176 g/mol. The van der Waals surface area contributed by atoms with Crippen LogP contribution in [0.1, 0.15) is 32.4 Å². The van der Waals surface area contributed by atoms with Gasteiger partial charge in [0, 0.05) is 17.5 Å². The molecule has 68 valence electrons. The van der Waals surface area contributed by atoms with Gasteiger partial charge in [0.05, 0.1) is 0 Å². The molecule has 0 spiro atoms. The maximum Gasteiger partial charge on any atom is 1.00 e. The molecule has 0 aliphatic rings. The first-order valence-electron chi connectivity index (χ1n) is 3.38. The summed E-state index contributed by atoms with van der Waals surface area (Å²) >= 11 is 0. The predicted molar refractivity (Wildman–Crippen MR) is 41.9 cm³/mol. The standard InChI is InChI=1S/C8H10NO2.Li.H2O/c1-8(2,3)7-9-4-6(5-10)11-7;;/h4H,1-3H3;;1H2/q-1;+1;/p-1. The van der Waals surface area contributed by atoms with Gasteiger partial charge in [0.2, 0.25) is 0 Å². The smallest absolute Gasteiger partial charge is 0.870 e. The van der Waals surface area contributed by atoms with Gasteiger partial charge in [-0.25, -0.2) is 0 Å². The number of aromatic nitrogens is 1. The third-order valence-corrected chi connectivity index (χ3v) is 1.25. The Balaban J connectivity index is 0. The minimum Gasteiger partial charge on any atom is -0.870 e. The van der Waals surface area contributed by atoms with Crippen LogP contribution in [0.2, 0.25) is 0 Å². The Hall–Kier alpha value is -0.563. The molecule has 4 nitrogen and oxygen atoms in total. The number of rotatable bonds is 1. The number of carbonyl (C=O) groups excluding carboxylic acids is 1. The number of oxazole rings is 1. The van der Waals surface area contributed by atoms with Crippen molar-refractivity contribution in [2.24, 2.45) is 0 Å². The number of hydrogen-bond donors (Lipinski definition) is 0. The first kappa shape index (κ1) is 14.9. The van der Waals surface area contributed by atoms with Crippen molar-refractivity contribution in [1.29, 1.82) is 0 Å². The van der Waals surface area contributed by atoms with Crippen molar-refractivity contribution in [1.82, 2.24) is 4.98 Å². The summed E-state index contributed by atoms with van der Waals surface area (Å²) < 4.78 is 5.06. The van der Waals surface area contributed by atoms with Crippen LogP contribution in [-0.4, -0.2) is 16.7 Å². The van der Waals surface area contributed by atoms with Crippen LogP contribution < -0.4 is 18.9 Å². The van der Waals surface area contributed by atoms with Crippen molar-refractivity contribution >= 4 is 6.29 Å². The molecule has 5 heteroatoms. The van der Waals surface area contributed by atoms with Crippen LogP contribution in [0, 0.1) is 0 Å². The molecule has 0 saturated heterocycles. The Morgan fingerprint density at radius 1 is 1.46 bits per heavy atom. The molecule has 0 bridgehead atoms. The maximum absolute atomic E-state index is 10.1. The number of nitrogens with zero attached hydrogens (tertiary/aromatic N) is 1. The Bertz CT molecular complexity index is 265. The largest absolute Gasteiger partial charge is 1.00 e. The molecule has 1 aromatic heterocycles. The number of hydrogen-bond acceptors (Lipinski definition) is 4. The first-order chi connectivity index (χ1) is 5.04. The molecule has 1 heterocycles. The van der Waals surface area contributed by atoms with Gasteiger partial charge in [-0.15, -0.1) is 0 Å². The second-order valence-corrected chi connectivity index (χ2v) is 3.38. The molecule has 0 unspecified atom stereocenters. The topological polar surface area (TPSA) is 73.1 Å². The summed E-state index contributed by atoms with van der Waals surface area (Å²) in [7, 11) is 0. The minimum atomic E-state index is -0.144. The van der Waals surface area contributed by atoms with E-state index in [1.165, 1.54) is 6.20 Å². The van der Waals surface area contributed by atoms with Gasteiger partial charge in [-0.1, -0.05) is 27.0 Å². The molecule has 1 N–H and O–H groups in total. The van der Waals surface area contributed by atoms with Gasteiger partial charge >= 0.3 is 18.9 Å². The van der Waals surface area contributed by atoms with Crippen molar-refractivity contribution in [3.05, 3.63) is 17.8 Å². The van der Waals surface area contributed by atoms with Crippen LogP contribution in [0.4, 0.5) is 0 Å². The van der Waals surface area contributed by atoms with Crippen molar-refractivity contribution in [2.45, 2.75) is 26.2 Å². The quantitative estimate of drug-likeness (QED) is 0.376. The molecule has 1 aromatic rings. The minimum absolute atomic E-state index is 0. The molecule has 0 aromatic carbocycles. The third-order valence-electron chi connectivity index (χ3n) is 1.25. The third kappa shape index (κ3) is 3.77. The second-order valence-electron chi connectivity index (χ2n) is 3.38. The van der Waals surface area contributed by atoms with E-state index in [1.54, 1.807) is 6.29 Å².